The largest absolute Gasteiger partial charge is 0.500 e. The highest BCUT2D eigenvalue weighted by Gasteiger charge is 2.36. The fourth-order valence-electron chi connectivity index (χ4n) is 2.85. The topological polar surface area (TPSA) is 142 Å². The monoisotopic (exact) mass is 588 g/mol. The minimum Gasteiger partial charge on any atom is -0.398 e. The van der Waals surface area contributed by atoms with Crippen LogP contribution in [0.4, 0.5) is 0 Å². The van der Waals surface area contributed by atoms with Crippen LogP contribution in [-0.4, -0.2) is 121 Å². The summed E-state index contributed by atoms with van der Waals surface area (Å²) < 4.78 is 47.2. The minimum atomic E-state index is -2.32. The molecule has 0 aliphatic carbocycles. The van der Waals surface area contributed by atoms with Gasteiger partial charge in [0.1, 0.15) is 6.10 Å². The van der Waals surface area contributed by atoms with Gasteiger partial charge in [0.05, 0.1) is 19.8 Å². The Kier molecular flexibility index (Phi) is 24.6. The lowest BCUT2D eigenvalue weighted by atomic mass is 10.5. The third-order valence-electron chi connectivity index (χ3n) is 5.94. The summed E-state index contributed by atoms with van der Waals surface area (Å²) in [6.45, 7) is 7.58. The normalized spacial score (nSPS) is 15.1. The molecule has 0 spiro atoms. The van der Waals surface area contributed by atoms with Gasteiger partial charge >= 0.3 is 25.9 Å². The number of rotatable bonds is 20. The molecule has 0 radical (unpaired) electrons. The molecule has 12 nitrogen and oxygen atoms in total. The zero-order chi connectivity index (χ0) is 28.6. The van der Waals surface area contributed by atoms with Crippen molar-refractivity contribution in [1.29, 1.82) is 0 Å². The zero-order valence-electron chi connectivity index (χ0n) is 24.5. The van der Waals surface area contributed by atoms with Crippen molar-refractivity contribution in [3.8, 4) is 0 Å². The van der Waals surface area contributed by atoms with Gasteiger partial charge < -0.3 is 46.2 Å². The van der Waals surface area contributed by atoms with E-state index in [2.05, 4.69) is 11.5 Å². The predicted octanol–water partition coefficient (Wildman–Crippen LogP) is 2.45. The quantitative estimate of drug-likeness (QED) is 0.0737. The van der Waals surface area contributed by atoms with Crippen LogP contribution in [0.3, 0.4) is 0 Å². The maximum Gasteiger partial charge on any atom is 0.500 e. The van der Waals surface area contributed by atoms with Crippen LogP contribution in [0, 0.1) is 0 Å². The van der Waals surface area contributed by atoms with Gasteiger partial charge in [0.2, 0.25) is 6.08 Å². The Hall–Kier alpha value is -0.369. The second kappa shape index (κ2) is 23.5. The molecule has 1 rings (SSSR count). The highest BCUT2D eigenvalue weighted by Crippen LogP contribution is 2.15. The number of epoxide rings is 1. The number of aliphatic imine (C=N–C) groups is 1. The van der Waals surface area contributed by atoms with Crippen molar-refractivity contribution in [2.45, 2.75) is 56.6 Å². The van der Waals surface area contributed by atoms with Gasteiger partial charge in [-0.3, -0.25) is 0 Å². The highest BCUT2D eigenvalue weighted by molar-refractivity contribution is 6.66. The van der Waals surface area contributed by atoms with Crippen molar-refractivity contribution >= 4 is 32.0 Å². The standard InChI is InChI=1S/C9H20O4Si.C7H15NO3Si.C6H17NO3Si/c1-10-14(3,11-2)6-4-5-12-7-9-8-13-9;1-10-12(3,11-2)6-4-5-8-7-9;1-8-11(9-2,10-3)6-4-5-7/h9H,4-8H2,1-3H3;4-6H2,1-3H3;4-7H2,1-3H3. The third-order valence-corrected chi connectivity index (χ3v) is 14.7. The van der Waals surface area contributed by atoms with Gasteiger partial charge in [0.25, 0.3) is 0 Å². The molecule has 1 aliphatic rings. The molecule has 37 heavy (non-hydrogen) atoms. The number of hydrogen-bond acceptors (Lipinski definition) is 12. The first-order valence-corrected chi connectivity index (χ1v) is 19.4. The first-order valence-electron chi connectivity index (χ1n) is 12.4. The Balaban J connectivity index is 0. The van der Waals surface area contributed by atoms with E-state index in [1.807, 2.05) is 6.55 Å². The molecule has 1 heterocycles. The molecule has 15 heteroatoms. The average molecular weight is 589 g/mol. The molecule has 1 saturated heterocycles. The molecular weight excluding hydrogens is 537 g/mol. The smallest absolute Gasteiger partial charge is 0.398 e. The summed E-state index contributed by atoms with van der Waals surface area (Å²) in [7, 11) is 5.43. The van der Waals surface area contributed by atoms with Crippen molar-refractivity contribution in [3.63, 3.8) is 0 Å². The van der Waals surface area contributed by atoms with E-state index in [4.69, 9.17) is 46.2 Å². The average Bonchev–Trinajstić information content (AvgIpc) is 3.77. The first-order chi connectivity index (χ1) is 17.6. The van der Waals surface area contributed by atoms with E-state index in [0.29, 0.717) is 19.2 Å². The van der Waals surface area contributed by atoms with Crippen LogP contribution >= 0.6 is 0 Å². The molecular formula is C22H52N2O10Si3. The Morgan fingerprint density at radius 1 is 0.811 bits per heavy atom. The number of ether oxygens (including phenoxy) is 2. The number of isocyanates is 1. The minimum absolute atomic E-state index is 0.364. The number of nitrogens with zero attached hydrogens (tertiary/aromatic N) is 1. The predicted molar refractivity (Wildman–Crippen MR) is 149 cm³/mol. The van der Waals surface area contributed by atoms with Crippen LogP contribution in [0.25, 0.3) is 0 Å². The molecule has 0 aromatic heterocycles. The first kappa shape index (κ1) is 38.8. The van der Waals surface area contributed by atoms with E-state index in [0.717, 1.165) is 57.2 Å². The van der Waals surface area contributed by atoms with E-state index >= 15 is 0 Å². The molecule has 0 bridgehead atoms. The Morgan fingerprint density at radius 2 is 1.30 bits per heavy atom. The summed E-state index contributed by atoms with van der Waals surface area (Å²) in [5.74, 6) is 0. The fraction of sp³-hybridized carbons (Fsp3) is 0.955. The molecule has 1 aliphatic heterocycles. The van der Waals surface area contributed by atoms with Crippen LogP contribution in [-0.2, 0) is 45.3 Å². The molecule has 0 aromatic rings. The zero-order valence-corrected chi connectivity index (χ0v) is 27.5. The van der Waals surface area contributed by atoms with E-state index in [-0.39, 0.29) is 0 Å². The third kappa shape index (κ3) is 20.2. The van der Waals surface area contributed by atoms with Crippen molar-refractivity contribution < 1.29 is 45.3 Å². The molecule has 1 atom stereocenters. The lowest BCUT2D eigenvalue weighted by molar-refractivity contribution is 0.114. The number of carbonyl (C=O) groups excluding carboxylic acids is 1. The van der Waals surface area contributed by atoms with Crippen LogP contribution < -0.4 is 5.73 Å². The van der Waals surface area contributed by atoms with Gasteiger partial charge in [-0.25, -0.2) is 9.79 Å². The van der Waals surface area contributed by atoms with E-state index < -0.39 is 25.9 Å². The van der Waals surface area contributed by atoms with Crippen molar-refractivity contribution in [2.75, 3.05) is 82.7 Å². The van der Waals surface area contributed by atoms with Crippen molar-refractivity contribution in [1.82, 2.24) is 0 Å². The van der Waals surface area contributed by atoms with Gasteiger partial charge in [-0.15, -0.1) is 0 Å². The molecule has 2 N–H and O–H groups in total. The van der Waals surface area contributed by atoms with Crippen LogP contribution in [0.1, 0.15) is 19.3 Å². The Morgan fingerprint density at radius 3 is 1.68 bits per heavy atom. The maximum absolute atomic E-state index is 9.73. The molecule has 1 fully saturated rings. The van der Waals surface area contributed by atoms with Gasteiger partial charge in [-0.2, -0.15) is 0 Å². The van der Waals surface area contributed by atoms with Gasteiger partial charge in [-0.05, 0) is 51.0 Å². The van der Waals surface area contributed by atoms with Crippen LogP contribution in [0.5, 0.6) is 0 Å². The molecule has 0 saturated carbocycles. The molecule has 0 amide bonds. The summed E-state index contributed by atoms with van der Waals surface area (Å²) >= 11 is 0. The van der Waals surface area contributed by atoms with Crippen LogP contribution in [0.15, 0.2) is 4.99 Å². The summed E-state index contributed by atoms with van der Waals surface area (Å²) in [5, 5.41) is 0. The van der Waals surface area contributed by atoms with Gasteiger partial charge in [0.15, 0.2) is 0 Å². The lowest BCUT2D eigenvalue weighted by Crippen LogP contribution is -2.42. The summed E-state index contributed by atoms with van der Waals surface area (Å²) in [4.78, 5) is 13.2. The summed E-state index contributed by atoms with van der Waals surface area (Å²) in [6, 6.07) is 2.61. The Labute approximate surface area is 227 Å². The number of nitrogens with two attached hydrogens (primary N) is 1. The van der Waals surface area contributed by atoms with Gasteiger partial charge in [-0.1, -0.05) is 0 Å². The summed E-state index contributed by atoms with van der Waals surface area (Å²) in [6.07, 6.45) is 4.56. The SMILES string of the molecule is CO[Si](C)(CCCN=C=O)OC.CO[Si](C)(CCCOCC1CO1)OC.CO[Si](CCCN)(OC)OC. The van der Waals surface area contributed by atoms with E-state index in [1.165, 1.54) is 6.08 Å². The number of hydrogen-bond donors (Lipinski definition) is 1. The van der Waals surface area contributed by atoms with E-state index in [9.17, 15) is 4.79 Å². The molecule has 1 unspecified atom stereocenters. The second-order valence-corrected chi connectivity index (χ2v) is 18.7. The fourth-order valence-corrected chi connectivity index (χ4v) is 7.34. The maximum atomic E-state index is 9.73. The van der Waals surface area contributed by atoms with Crippen molar-refractivity contribution in [3.05, 3.63) is 0 Å². The summed E-state index contributed by atoms with van der Waals surface area (Å²) in [5.41, 5.74) is 5.36. The molecule has 222 valence electrons. The molecule has 0 aromatic carbocycles. The Bertz CT molecular complexity index is 565. The van der Waals surface area contributed by atoms with Crippen LogP contribution in [0.2, 0.25) is 31.2 Å². The van der Waals surface area contributed by atoms with Gasteiger partial charge in [0, 0.05) is 62.4 Å². The second-order valence-electron chi connectivity index (χ2n) is 8.48. The van der Waals surface area contributed by atoms with E-state index in [1.54, 1.807) is 49.8 Å². The van der Waals surface area contributed by atoms with Crippen molar-refractivity contribution in [2.24, 2.45) is 10.7 Å². The highest BCUT2D eigenvalue weighted by atomic mass is 28.4. The lowest BCUT2D eigenvalue weighted by Gasteiger charge is -2.23.